The fraction of sp³-hybridized carbons (Fsp3) is 0.333. The van der Waals surface area contributed by atoms with Gasteiger partial charge in [-0.05, 0) is 30.7 Å². The lowest BCUT2D eigenvalue weighted by molar-refractivity contribution is -0.121. The van der Waals surface area contributed by atoms with Crippen molar-refractivity contribution in [1.82, 2.24) is 10.6 Å². The fourth-order valence-corrected chi connectivity index (χ4v) is 2.92. The molecule has 2 aromatic carbocycles. The highest BCUT2D eigenvalue weighted by Crippen LogP contribution is 2.31. The van der Waals surface area contributed by atoms with Gasteiger partial charge in [-0.2, -0.15) is 0 Å². The Morgan fingerprint density at radius 1 is 1.10 bits per heavy atom. The highest BCUT2D eigenvalue weighted by atomic mass is 127. The zero-order valence-corrected chi connectivity index (χ0v) is 18.8. The Morgan fingerprint density at radius 3 is 2.62 bits per heavy atom. The fourth-order valence-electron chi connectivity index (χ4n) is 2.92. The molecule has 0 aliphatic carbocycles. The van der Waals surface area contributed by atoms with Crippen molar-refractivity contribution < 1.29 is 14.3 Å². The van der Waals surface area contributed by atoms with Gasteiger partial charge in [0.25, 0.3) is 5.91 Å². The summed E-state index contributed by atoms with van der Waals surface area (Å²) in [7, 11) is 1.73. The molecule has 0 bridgehead atoms. The number of amides is 1. The number of rotatable bonds is 8. The van der Waals surface area contributed by atoms with E-state index in [2.05, 4.69) is 15.6 Å². The van der Waals surface area contributed by atoms with Crippen molar-refractivity contribution >= 4 is 41.5 Å². The first kappa shape index (κ1) is 22.8. The summed E-state index contributed by atoms with van der Waals surface area (Å²) in [6, 6.07) is 17.3. The average molecular weight is 510 g/mol. The molecular formula is C21H27IN4O3. The van der Waals surface area contributed by atoms with Crippen LogP contribution in [0.4, 0.5) is 5.69 Å². The van der Waals surface area contributed by atoms with E-state index in [1.165, 1.54) is 0 Å². The predicted octanol–water partition coefficient (Wildman–Crippen LogP) is 2.66. The van der Waals surface area contributed by atoms with E-state index in [4.69, 9.17) is 9.47 Å². The largest absolute Gasteiger partial charge is 0.492 e. The molecule has 1 aliphatic heterocycles. The van der Waals surface area contributed by atoms with Crippen molar-refractivity contribution in [3.8, 4) is 11.5 Å². The second kappa shape index (κ2) is 12.2. The highest BCUT2D eigenvalue weighted by molar-refractivity contribution is 14.0. The molecule has 0 saturated heterocycles. The lowest BCUT2D eigenvalue weighted by Gasteiger charge is -2.29. The van der Waals surface area contributed by atoms with Crippen LogP contribution < -0.4 is 25.0 Å². The number of carbonyl (C=O) groups is 1. The number of aliphatic imine (C=N–C) groups is 1. The van der Waals surface area contributed by atoms with Gasteiger partial charge in [0.05, 0.1) is 12.2 Å². The van der Waals surface area contributed by atoms with Crippen molar-refractivity contribution in [1.29, 1.82) is 0 Å². The van der Waals surface area contributed by atoms with E-state index in [1.54, 1.807) is 11.9 Å². The van der Waals surface area contributed by atoms with Crippen LogP contribution in [0, 0.1) is 0 Å². The van der Waals surface area contributed by atoms with Crippen LogP contribution in [0.25, 0.3) is 0 Å². The number of carbonyl (C=O) groups excluding carboxylic acids is 1. The van der Waals surface area contributed by atoms with E-state index in [-0.39, 0.29) is 36.5 Å². The van der Waals surface area contributed by atoms with E-state index >= 15 is 0 Å². The number of fused-ring (bicyclic) bond motifs is 1. The number of halogens is 1. The zero-order valence-electron chi connectivity index (χ0n) is 16.5. The second-order valence-corrected chi connectivity index (χ2v) is 6.24. The van der Waals surface area contributed by atoms with Gasteiger partial charge in [0.2, 0.25) is 0 Å². The second-order valence-electron chi connectivity index (χ2n) is 6.24. The Kier molecular flexibility index (Phi) is 9.55. The summed E-state index contributed by atoms with van der Waals surface area (Å²) >= 11 is 0. The first-order valence-corrected chi connectivity index (χ1v) is 9.42. The standard InChI is InChI=1S/C21H26N4O3.HI/c1-22-21(24-13-15-27-17-8-3-2-4-9-17)23-12-7-14-25-18-10-5-6-11-19(18)28-16-20(25)26;/h2-6,8-11H,7,12-16H2,1H3,(H2,22,23,24);1H. The van der Waals surface area contributed by atoms with Crippen molar-refractivity contribution in [2.75, 3.05) is 44.8 Å². The minimum Gasteiger partial charge on any atom is -0.492 e. The first-order valence-electron chi connectivity index (χ1n) is 9.42. The van der Waals surface area contributed by atoms with Gasteiger partial charge in [-0.1, -0.05) is 30.3 Å². The van der Waals surface area contributed by atoms with Gasteiger partial charge in [0.15, 0.2) is 12.6 Å². The van der Waals surface area contributed by atoms with Crippen LogP contribution in [-0.4, -0.2) is 51.8 Å². The van der Waals surface area contributed by atoms with Crippen LogP contribution in [0.2, 0.25) is 0 Å². The Labute approximate surface area is 188 Å². The van der Waals surface area contributed by atoms with Crippen molar-refractivity contribution in [2.45, 2.75) is 6.42 Å². The predicted molar refractivity (Wildman–Crippen MR) is 126 cm³/mol. The summed E-state index contributed by atoms with van der Waals surface area (Å²) in [4.78, 5) is 18.2. The molecule has 1 aliphatic rings. The van der Waals surface area contributed by atoms with Crippen molar-refractivity contribution in [2.24, 2.45) is 4.99 Å². The van der Waals surface area contributed by atoms with Gasteiger partial charge in [0.1, 0.15) is 18.1 Å². The third kappa shape index (κ3) is 6.81. The van der Waals surface area contributed by atoms with Gasteiger partial charge < -0.3 is 25.0 Å². The van der Waals surface area contributed by atoms with Gasteiger partial charge in [0, 0.05) is 20.1 Å². The van der Waals surface area contributed by atoms with Crippen LogP contribution in [0.5, 0.6) is 11.5 Å². The number of anilines is 1. The molecular weight excluding hydrogens is 483 g/mol. The molecule has 0 radical (unpaired) electrons. The maximum atomic E-state index is 12.2. The summed E-state index contributed by atoms with van der Waals surface area (Å²) < 4.78 is 11.1. The average Bonchev–Trinajstić information content (AvgIpc) is 2.74. The lowest BCUT2D eigenvalue weighted by atomic mass is 10.2. The topological polar surface area (TPSA) is 75.2 Å². The van der Waals surface area contributed by atoms with E-state index in [0.717, 1.165) is 23.6 Å². The molecule has 2 aromatic rings. The van der Waals surface area contributed by atoms with Gasteiger partial charge in [-0.3, -0.25) is 9.79 Å². The van der Waals surface area contributed by atoms with Crippen LogP contribution in [0.1, 0.15) is 6.42 Å². The maximum absolute atomic E-state index is 12.2. The van der Waals surface area contributed by atoms with Crippen LogP contribution in [-0.2, 0) is 4.79 Å². The normalized spacial score (nSPS) is 13.1. The van der Waals surface area contributed by atoms with Crippen LogP contribution >= 0.6 is 24.0 Å². The third-order valence-corrected chi connectivity index (χ3v) is 4.29. The molecule has 1 heterocycles. The molecule has 2 N–H and O–H groups in total. The highest BCUT2D eigenvalue weighted by Gasteiger charge is 2.24. The van der Waals surface area contributed by atoms with E-state index in [1.807, 2.05) is 54.6 Å². The Morgan fingerprint density at radius 2 is 1.83 bits per heavy atom. The van der Waals surface area contributed by atoms with Crippen LogP contribution in [0.15, 0.2) is 59.6 Å². The van der Waals surface area contributed by atoms with Gasteiger partial charge >= 0.3 is 0 Å². The van der Waals surface area contributed by atoms with Crippen LogP contribution in [0.3, 0.4) is 0 Å². The zero-order chi connectivity index (χ0) is 19.6. The number of nitrogens with one attached hydrogen (secondary N) is 2. The summed E-state index contributed by atoms with van der Waals surface area (Å²) in [6.07, 6.45) is 0.793. The number of benzene rings is 2. The quantitative estimate of drug-likeness (QED) is 0.247. The molecule has 0 spiro atoms. The first-order chi connectivity index (χ1) is 13.8. The number of hydrogen-bond donors (Lipinski definition) is 2. The van der Waals surface area contributed by atoms with E-state index in [9.17, 15) is 4.79 Å². The number of hydrogen-bond acceptors (Lipinski definition) is 4. The monoisotopic (exact) mass is 510 g/mol. The van der Waals surface area contributed by atoms with E-state index < -0.39 is 0 Å². The summed E-state index contributed by atoms with van der Waals surface area (Å²) in [6.45, 7) is 2.61. The molecule has 156 valence electrons. The molecule has 0 fully saturated rings. The molecule has 0 aromatic heterocycles. The molecule has 1 amide bonds. The smallest absolute Gasteiger partial charge is 0.265 e. The third-order valence-electron chi connectivity index (χ3n) is 4.29. The maximum Gasteiger partial charge on any atom is 0.265 e. The van der Waals surface area contributed by atoms with E-state index in [0.29, 0.717) is 32.2 Å². The number of nitrogens with zero attached hydrogens (tertiary/aromatic N) is 2. The van der Waals surface area contributed by atoms with Gasteiger partial charge in [-0.15, -0.1) is 24.0 Å². The minimum atomic E-state index is -0.0146. The molecule has 0 saturated carbocycles. The summed E-state index contributed by atoms with van der Waals surface area (Å²) in [5.74, 6) is 2.30. The summed E-state index contributed by atoms with van der Waals surface area (Å²) in [5, 5.41) is 6.48. The van der Waals surface area contributed by atoms with Crippen molar-refractivity contribution in [3.05, 3.63) is 54.6 Å². The van der Waals surface area contributed by atoms with Crippen molar-refractivity contribution in [3.63, 3.8) is 0 Å². The molecule has 7 nitrogen and oxygen atoms in total. The Bertz CT molecular complexity index is 802. The summed E-state index contributed by atoms with van der Waals surface area (Å²) in [5.41, 5.74) is 0.833. The number of ether oxygens (including phenoxy) is 2. The minimum absolute atomic E-state index is 0. The Balaban J connectivity index is 0.00000300. The Hall–Kier alpha value is -2.49. The molecule has 29 heavy (non-hydrogen) atoms. The molecule has 0 atom stereocenters. The molecule has 0 unspecified atom stereocenters. The SMILES string of the molecule is CN=C(NCCCN1C(=O)COc2ccccc21)NCCOc1ccccc1.I. The van der Waals surface area contributed by atoms with Gasteiger partial charge in [-0.25, -0.2) is 0 Å². The molecule has 8 heteroatoms. The molecule has 3 rings (SSSR count). The number of para-hydroxylation sites is 3. The number of guanidine groups is 1. The lowest BCUT2D eigenvalue weighted by Crippen LogP contribution is -2.42.